The van der Waals surface area contributed by atoms with E-state index in [0.717, 1.165) is 13.8 Å². The SMILES string of the molecule is CC(=O)N[C@@H]1C(OC(C)=O)[C@@H](OC(C)=O)C(COC(C)=O)O[C@H]1OC(=O)c1ccccc1. The highest BCUT2D eigenvalue weighted by molar-refractivity contribution is 5.89. The standard InChI is InChI=1S/C21H25NO10/c1-11(23)22-17-19(30-14(4)26)18(29-13(3)25)16(10-28-12(2)24)31-21(17)32-20(27)15-8-6-5-7-9-15/h5-9,16-19,21H,10H2,1-4H3,(H,22,23)/t16?,17-,18+,19?,21+/m1/s1. The molecule has 0 bridgehead atoms. The van der Waals surface area contributed by atoms with Crippen LogP contribution < -0.4 is 5.32 Å². The minimum atomic E-state index is -1.46. The molecule has 0 saturated carbocycles. The molecule has 5 atom stereocenters. The number of nitrogens with one attached hydrogen (secondary N) is 1. The zero-order valence-electron chi connectivity index (χ0n) is 18.1. The number of carbonyl (C=O) groups is 5. The van der Waals surface area contributed by atoms with E-state index in [2.05, 4.69) is 5.32 Å². The summed E-state index contributed by atoms with van der Waals surface area (Å²) >= 11 is 0. The largest absolute Gasteiger partial charge is 0.463 e. The van der Waals surface area contributed by atoms with Crippen molar-refractivity contribution in [3.8, 4) is 0 Å². The van der Waals surface area contributed by atoms with Crippen molar-refractivity contribution in [2.24, 2.45) is 0 Å². The Morgan fingerprint density at radius 3 is 1.97 bits per heavy atom. The number of hydrogen-bond acceptors (Lipinski definition) is 10. The lowest BCUT2D eigenvalue weighted by molar-refractivity contribution is -0.263. The summed E-state index contributed by atoms with van der Waals surface area (Å²) in [5.41, 5.74) is 0.209. The van der Waals surface area contributed by atoms with E-state index in [0.29, 0.717) is 0 Å². The van der Waals surface area contributed by atoms with Gasteiger partial charge in [0.2, 0.25) is 12.2 Å². The van der Waals surface area contributed by atoms with Crippen molar-refractivity contribution in [3.63, 3.8) is 0 Å². The van der Waals surface area contributed by atoms with Gasteiger partial charge in [-0.1, -0.05) is 18.2 Å². The first-order chi connectivity index (χ1) is 15.1. The summed E-state index contributed by atoms with van der Waals surface area (Å²) in [5.74, 6) is -3.43. The van der Waals surface area contributed by atoms with Gasteiger partial charge in [0.1, 0.15) is 18.8 Å². The first kappa shape index (κ1) is 24.8. The second-order valence-corrected chi connectivity index (χ2v) is 6.99. The number of carbonyl (C=O) groups excluding carboxylic acids is 5. The molecule has 2 unspecified atom stereocenters. The van der Waals surface area contributed by atoms with Crippen LogP contribution in [0.2, 0.25) is 0 Å². The van der Waals surface area contributed by atoms with Crippen LogP contribution in [0.5, 0.6) is 0 Å². The Morgan fingerprint density at radius 2 is 1.44 bits per heavy atom. The maximum absolute atomic E-state index is 12.6. The number of benzene rings is 1. The molecule has 1 aromatic rings. The summed E-state index contributed by atoms with van der Waals surface area (Å²) < 4.78 is 26.8. The third kappa shape index (κ3) is 7.05. The molecule has 11 heteroatoms. The van der Waals surface area contributed by atoms with Crippen molar-refractivity contribution in [3.05, 3.63) is 35.9 Å². The highest BCUT2D eigenvalue weighted by Crippen LogP contribution is 2.28. The van der Waals surface area contributed by atoms with Crippen molar-refractivity contribution < 1.29 is 47.7 Å². The van der Waals surface area contributed by atoms with E-state index in [-0.39, 0.29) is 5.56 Å². The lowest BCUT2D eigenvalue weighted by atomic mass is 9.96. The molecule has 32 heavy (non-hydrogen) atoms. The maximum atomic E-state index is 12.6. The van der Waals surface area contributed by atoms with Gasteiger partial charge in [0.15, 0.2) is 12.2 Å². The molecule has 1 aromatic carbocycles. The zero-order valence-corrected chi connectivity index (χ0v) is 18.1. The molecule has 11 nitrogen and oxygen atoms in total. The lowest BCUT2D eigenvalue weighted by Crippen LogP contribution is -2.66. The van der Waals surface area contributed by atoms with Crippen LogP contribution >= 0.6 is 0 Å². The minimum absolute atomic E-state index is 0.209. The number of ether oxygens (including phenoxy) is 5. The van der Waals surface area contributed by atoms with Gasteiger partial charge in [-0.05, 0) is 12.1 Å². The number of esters is 4. The molecule has 1 amide bonds. The fraction of sp³-hybridized carbons (Fsp3) is 0.476. The molecule has 2 rings (SSSR count). The fourth-order valence-corrected chi connectivity index (χ4v) is 3.14. The Bertz CT molecular complexity index is 855. The Kier molecular flexibility index (Phi) is 8.71. The smallest absolute Gasteiger partial charge is 0.340 e. The summed E-state index contributed by atoms with van der Waals surface area (Å²) in [4.78, 5) is 59.3. The van der Waals surface area contributed by atoms with Gasteiger partial charge >= 0.3 is 23.9 Å². The summed E-state index contributed by atoms with van der Waals surface area (Å²) in [6, 6.07) is 6.78. The van der Waals surface area contributed by atoms with Gasteiger partial charge in [-0.2, -0.15) is 0 Å². The van der Waals surface area contributed by atoms with Crippen LogP contribution in [0, 0.1) is 0 Å². The van der Waals surface area contributed by atoms with Gasteiger partial charge in [-0.15, -0.1) is 0 Å². The average Bonchev–Trinajstić information content (AvgIpc) is 2.70. The molecule has 1 fully saturated rings. The second-order valence-electron chi connectivity index (χ2n) is 6.99. The van der Waals surface area contributed by atoms with Crippen molar-refractivity contribution in [1.82, 2.24) is 5.32 Å². The van der Waals surface area contributed by atoms with Crippen LogP contribution in [0.15, 0.2) is 30.3 Å². The average molecular weight is 451 g/mol. The van der Waals surface area contributed by atoms with Crippen LogP contribution in [0.25, 0.3) is 0 Å². The van der Waals surface area contributed by atoms with Crippen LogP contribution in [0.3, 0.4) is 0 Å². The summed E-state index contributed by atoms with van der Waals surface area (Å²) in [6.07, 6.45) is -5.18. The van der Waals surface area contributed by atoms with Crippen molar-refractivity contribution in [1.29, 1.82) is 0 Å². The van der Waals surface area contributed by atoms with Crippen LogP contribution in [0.1, 0.15) is 38.1 Å². The molecule has 0 aromatic heterocycles. The summed E-state index contributed by atoms with van der Waals surface area (Å²) in [7, 11) is 0. The van der Waals surface area contributed by atoms with Gasteiger partial charge < -0.3 is 29.0 Å². The fourth-order valence-electron chi connectivity index (χ4n) is 3.14. The molecule has 1 aliphatic rings. The van der Waals surface area contributed by atoms with E-state index < -0.39 is 67.0 Å². The highest BCUT2D eigenvalue weighted by Gasteiger charge is 2.52. The predicted molar refractivity (Wildman–Crippen MR) is 106 cm³/mol. The van der Waals surface area contributed by atoms with Gasteiger partial charge in [-0.3, -0.25) is 19.2 Å². The number of amides is 1. The van der Waals surface area contributed by atoms with Crippen molar-refractivity contribution in [2.75, 3.05) is 6.61 Å². The normalized spacial score (nSPS) is 24.6. The number of rotatable bonds is 7. The molecule has 1 heterocycles. The van der Waals surface area contributed by atoms with Crippen molar-refractivity contribution >= 4 is 29.8 Å². The van der Waals surface area contributed by atoms with Gasteiger partial charge in [-0.25, -0.2) is 4.79 Å². The molecule has 174 valence electrons. The highest BCUT2D eigenvalue weighted by atomic mass is 16.7. The third-order valence-corrected chi connectivity index (χ3v) is 4.30. The monoisotopic (exact) mass is 451 g/mol. The van der Waals surface area contributed by atoms with E-state index in [1.165, 1.54) is 26.0 Å². The molecule has 1 aliphatic heterocycles. The molecule has 0 radical (unpaired) electrons. The molecule has 0 spiro atoms. The quantitative estimate of drug-likeness (QED) is 0.460. The van der Waals surface area contributed by atoms with Gasteiger partial charge in [0.25, 0.3) is 0 Å². The topological polar surface area (TPSA) is 144 Å². The van der Waals surface area contributed by atoms with Crippen molar-refractivity contribution in [2.45, 2.75) is 58.3 Å². The van der Waals surface area contributed by atoms with Crippen LogP contribution in [-0.4, -0.2) is 67.0 Å². The third-order valence-electron chi connectivity index (χ3n) is 4.30. The molecular formula is C21H25NO10. The first-order valence-corrected chi connectivity index (χ1v) is 9.75. The Labute approximate surface area is 184 Å². The van der Waals surface area contributed by atoms with E-state index in [9.17, 15) is 24.0 Å². The number of hydrogen-bond donors (Lipinski definition) is 1. The van der Waals surface area contributed by atoms with Crippen LogP contribution in [0.4, 0.5) is 0 Å². The maximum Gasteiger partial charge on any atom is 0.340 e. The van der Waals surface area contributed by atoms with Gasteiger partial charge in [0, 0.05) is 27.7 Å². The summed E-state index contributed by atoms with van der Waals surface area (Å²) in [5, 5.41) is 2.52. The lowest BCUT2D eigenvalue weighted by Gasteiger charge is -2.44. The van der Waals surface area contributed by atoms with Crippen LogP contribution in [-0.2, 0) is 42.9 Å². The predicted octanol–water partition coefficient (Wildman–Crippen LogP) is 0.500. The Hall–Kier alpha value is -3.47. The Morgan fingerprint density at radius 1 is 0.844 bits per heavy atom. The summed E-state index contributed by atoms with van der Waals surface area (Å²) in [6.45, 7) is 4.23. The zero-order chi connectivity index (χ0) is 23.8. The molecule has 1 saturated heterocycles. The molecule has 1 N–H and O–H groups in total. The van der Waals surface area contributed by atoms with E-state index in [4.69, 9.17) is 23.7 Å². The van der Waals surface area contributed by atoms with E-state index in [1.54, 1.807) is 18.2 Å². The Balaban J connectivity index is 2.42. The second kappa shape index (κ2) is 11.2. The minimum Gasteiger partial charge on any atom is -0.463 e. The van der Waals surface area contributed by atoms with Gasteiger partial charge in [0.05, 0.1) is 5.56 Å². The van der Waals surface area contributed by atoms with E-state index in [1.807, 2.05) is 0 Å². The molecular weight excluding hydrogens is 426 g/mol. The first-order valence-electron chi connectivity index (χ1n) is 9.75. The van der Waals surface area contributed by atoms with E-state index >= 15 is 0 Å². The molecule has 0 aliphatic carbocycles.